The van der Waals surface area contributed by atoms with Gasteiger partial charge in [0.05, 0.1) is 12.5 Å². The summed E-state index contributed by atoms with van der Waals surface area (Å²) in [7, 11) is 0. The average Bonchev–Trinajstić information content (AvgIpc) is 2.78. The molecular formula is C27H50N2O5. The van der Waals surface area contributed by atoms with E-state index in [2.05, 4.69) is 24.5 Å². The maximum atomic E-state index is 12.7. The van der Waals surface area contributed by atoms with E-state index in [0.29, 0.717) is 12.8 Å². The number of carboxylic acids is 1. The SMILES string of the molecule is CCCCCCCCCCCCCCC(=O)NC(CCCCC)C(=O)NC(CC(=O)O)C(C)=O. The van der Waals surface area contributed by atoms with E-state index in [0.717, 1.165) is 38.5 Å². The third-order valence-corrected chi connectivity index (χ3v) is 6.19. The van der Waals surface area contributed by atoms with Gasteiger partial charge in [-0.3, -0.25) is 19.2 Å². The van der Waals surface area contributed by atoms with Crippen LogP contribution in [0.15, 0.2) is 0 Å². The van der Waals surface area contributed by atoms with Crippen molar-refractivity contribution in [2.75, 3.05) is 0 Å². The first kappa shape index (κ1) is 32.1. The van der Waals surface area contributed by atoms with Crippen LogP contribution in [-0.4, -0.2) is 40.8 Å². The molecule has 3 N–H and O–H groups in total. The Hall–Kier alpha value is -1.92. The molecule has 7 nitrogen and oxygen atoms in total. The molecule has 0 radical (unpaired) electrons. The standard InChI is InChI=1S/C27H50N2O5/c1-4-6-8-9-10-11-12-13-14-15-16-18-20-25(31)28-23(19-17-7-5-2)27(34)29-24(22(3)30)21-26(32)33/h23-24H,4-21H2,1-3H3,(H,28,31)(H,29,34)(H,32,33). The van der Waals surface area contributed by atoms with Crippen LogP contribution in [0.4, 0.5) is 0 Å². The Balaban J connectivity index is 4.25. The van der Waals surface area contributed by atoms with Crippen molar-refractivity contribution in [2.24, 2.45) is 0 Å². The Morgan fingerprint density at radius 2 is 1.12 bits per heavy atom. The Labute approximate surface area is 207 Å². The number of rotatable bonds is 23. The number of unbranched alkanes of at least 4 members (excludes halogenated alkanes) is 13. The number of aliphatic carboxylic acids is 1. The highest BCUT2D eigenvalue weighted by molar-refractivity contribution is 5.93. The van der Waals surface area contributed by atoms with Crippen molar-refractivity contribution < 1.29 is 24.3 Å². The van der Waals surface area contributed by atoms with Gasteiger partial charge < -0.3 is 15.7 Å². The monoisotopic (exact) mass is 482 g/mol. The summed E-state index contributed by atoms with van der Waals surface area (Å²) < 4.78 is 0. The molecule has 34 heavy (non-hydrogen) atoms. The number of carbonyl (C=O) groups excluding carboxylic acids is 3. The van der Waals surface area contributed by atoms with Crippen LogP contribution in [0.5, 0.6) is 0 Å². The highest BCUT2D eigenvalue weighted by atomic mass is 16.4. The zero-order valence-electron chi connectivity index (χ0n) is 22.0. The van der Waals surface area contributed by atoms with Crippen molar-refractivity contribution in [3.63, 3.8) is 0 Å². The van der Waals surface area contributed by atoms with Crippen LogP contribution in [0.25, 0.3) is 0 Å². The second kappa shape index (κ2) is 21.6. The number of amides is 2. The van der Waals surface area contributed by atoms with E-state index in [-0.39, 0.29) is 5.91 Å². The van der Waals surface area contributed by atoms with Crippen LogP contribution in [-0.2, 0) is 19.2 Å². The molecule has 2 unspecified atom stereocenters. The van der Waals surface area contributed by atoms with Crippen molar-refractivity contribution >= 4 is 23.6 Å². The van der Waals surface area contributed by atoms with Gasteiger partial charge in [0.25, 0.3) is 0 Å². The largest absolute Gasteiger partial charge is 0.481 e. The van der Waals surface area contributed by atoms with Crippen LogP contribution < -0.4 is 10.6 Å². The molecule has 0 aliphatic rings. The Bertz CT molecular complexity index is 579. The van der Waals surface area contributed by atoms with Crippen LogP contribution >= 0.6 is 0 Å². The minimum atomic E-state index is -1.15. The maximum absolute atomic E-state index is 12.7. The van der Waals surface area contributed by atoms with Crippen LogP contribution in [0.2, 0.25) is 0 Å². The lowest BCUT2D eigenvalue weighted by molar-refractivity contribution is -0.140. The summed E-state index contributed by atoms with van der Waals surface area (Å²) in [6, 6.07) is -1.82. The lowest BCUT2D eigenvalue weighted by Crippen LogP contribution is -2.51. The van der Waals surface area contributed by atoms with Crippen molar-refractivity contribution in [1.29, 1.82) is 0 Å². The fourth-order valence-corrected chi connectivity index (χ4v) is 4.00. The summed E-state index contributed by atoms with van der Waals surface area (Å²) in [5, 5.41) is 14.3. The fourth-order valence-electron chi connectivity index (χ4n) is 4.00. The molecule has 0 aromatic rings. The number of hydrogen-bond acceptors (Lipinski definition) is 4. The maximum Gasteiger partial charge on any atom is 0.305 e. The number of hydrogen-bond donors (Lipinski definition) is 3. The zero-order valence-corrected chi connectivity index (χ0v) is 22.0. The highest BCUT2D eigenvalue weighted by Crippen LogP contribution is 2.13. The minimum absolute atomic E-state index is 0.165. The molecule has 0 heterocycles. The topological polar surface area (TPSA) is 113 Å². The van der Waals surface area contributed by atoms with E-state index < -0.39 is 36.2 Å². The molecule has 0 rings (SSSR count). The first-order chi connectivity index (χ1) is 16.3. The molecule has 198 valence electrons. The molecule has 2 amide bonds. The summed E-state index contributed by atoms with van der Waals surface area (Å²) >= 11 is 0. The smallest absolute Gasteiger partial charge is 0.305 e. The zero-order chi connectivity index (χ0) is 25.6. The van der Waals surface area contributed by atoms with Crippen LogP contribution in [0.1, 0.15) is 136 Å². The van der Waals surface area contributed by atoms with Gasteiger partial charge in [0.15, 0.2) is 5.78 Å². The second-order valence-corrected chi connectivity index (χ2v) is 9.52. The molecule has 0 aromatic heterocycles. The predicted octanol–water partition coefficient (Wildman–Crippen LogP) is 5.69. The van der Waals surface area contributed by atoms with Gasteiger partial charge in [-0.15, -0.1) is 0 Å². The minimum Gasteiger partial charge on any atom is -0.481 e. The number of carboxylic acid groups (broad SMARTS) is 1. The summed E-state index contributed by atoms with van der Waals surface area (Å²) in [5.41, 5.74) is 0. The summed E-state index contributed by atoms with van der Waals surface area (Å²) in [4.78, 5) is 47.8. The number of nitrogens with one attached hydrogen (secondary N) is 2. The van der Waals surface area contributed by atoms with Gasteiger partial charge in [0.2, 0.25) is 11.8 Å². The quantitative estimate of drug-likeness (QED) is 0.162. The van der Waals surface area contributed by atoms with Gasteiger partial charge in [-0.2, -0.15) is 0 Å². The summed E-state index contributed by atoms with van der Waals surface area (Å²) in [6.07, 6.45) is 17.8. The van der Waals surface area contributed by atoms with E-state index in [1.165, 1.54) is 64.7 Å². The lowest BCUT2D eigenvalue weighted by atomic mass is 10.0. The van der Waals surface area contributed by atoms with E-state index in [9.17, 15) is 19.2 Å². The normalized spacial score (nSPS) is 12.7. The molecule has 2 atom stereocenters. The first-order valence-corrected chi connectivity index (χ1v) is 13.6. The molecule has 0 saturated heterocycles. The third kappa shape index (κ3) is 18.5. The van der Waals surface area contributed by atoms with E-state index in [4.69, 9.17) is 5.11 Å². The van der Waals surface area contributed by atoms with Crippen molar-refractivity contribution in [2.45, 2.75) is 148 Å². The predicted molar refractivity (Wildman–Crippen MR) is 137 cm³/mol. The van der Waals surface area contributed by atoms with Gasteiger partial charge in [0, 0.05) is 6.42 Å². The summed E-state index contributed by atoms with van der Waals surface area (Å²) in [5.74, 6) is -2.22. The molecule has 0 bridgehead atoms. The molecule has 0 aliphatic carbocycles. The molecule has 0 spiro atoms. The highest BCUT2D eigenvalue weighted by Gasteiger charge is 2.26. The molecule has 0 aliphatic heterocycles. The number of ketones is 1. The Morgan fingerprint density at radius 3 is 1.59 bits per heavy atom. The van der Waals surface area contributed by atoms with Gasteiger partial charge in [0.1, 0.15) is 6.04 Å². The van der Waals surface area contributed by atoms with Crippen molar-refractivity contribution in [1.82, 2.24) is 10.6 Å². The average molecular weight is 483 g/mol. The van der Waals surface area contributed by atoms with E-state index in [1.807, 2.05) is 0 Å². The molecule has 7 heteroatoms. The Kier molecular flexibility index (Phi) is 20.4. The summed E-state index contributed by atoms with van der Waals surface area (Å²) in [6.45, 7) is 5.55. The fraction of sp³-hybridized carbons (Fsp3) is 0.852. The second-order valence-electron chi connectivity index (χ2n) is 9.52. The van der Waals surface area contributed by atoms with Gasteiger partial charge in [-0.25, -0.2) is 0 Å². The van der Waals surface area contributed by atoms with Crippen LogP contribution in [0, 0.1) is 0 Å². The van der Waals surface area contributed by atoms with Gasteiger partial charge in [-0.1, -0.05) is 104 Å². The van der Waals surface area contributed by atoms with Crippen molar-refractivity contribution in [3.05, 3.63) is 0 Å². The molecule has 0 saturated carbocycles. The van der Waals surface area contributed by atoms with Crippen molar-refractivity contribution in [3.8, 4) is 0 Å². The molecular weight excluding hydrogens is 432 g/mol. The number of Topliss-reactive ketones (excluding diaryl/α,β-unsaturated/α-hetero) is 1. The van der Waals surface area contributed by atoms with E-state index >= 15 is 0 Å². The van der Waals surface area contributed by atoms with Gasteiger partial charge >= 0.3 is 5.97 Å². The lowest BCUT2D eigenvalue weighted by Gasteiger charge is -2.21. The van der Waals surface area contributed by atoms with Gasteiger partial charge in [-0.05, 0) is 19.8 Å². The Morgan fingerprint density at radius 1 is 0.647 bits per heavy atom. The first-order valence-electron chi connectivity index (χ1n) is 13.6. The third-order valence-electron chi connectivity index (χ3n) is 6.19. The number of carbonyl (C=O) groups is 4. The molecule has 0 fully saturated rings. The molecule has 0 aromatic carbocycles. The van der Waals surface area contributed by atoms with E-state index in [1.54, 1.807) is 0 Å². The van der Waals surface area contributed by atoms with Crippen LogP contribution in [0.3, 0.4) is 0 Å².